The molecule has 92 heavy (non-hydrogen) atoms. The third-order valence-corrected chi connectivity index (χ3v) is 20.2. The van der Waals surface area contributed by atoms with E-state index in [0.717, 1.165) is 38.5 Å². The molecule has 0 spiro atoms. The van der Waals surface area contributed by atoms with E-state index in [4.69, 9.17) is 4.74 Å². The summed E-state index contributed by atoms with van der Waals surface area (Å²) in [5.41, 5.74) is 0. The molecule has 0 rings (SSSR count). The van der Waals surface area contributed by atoms with Gasteiger partial charge in [-0.2, -0.15) is 0 Å². The molecule has 0 aromatic carbocycles. The summed E-state index contributed by atoms with van der Waals surface area (Å²) >= 11 is 0. The number of unbranched alkanes of at least 4 members (excludes halogenated alkanes) is 68. The van der Waals surface area contributed by atoms with Crippen LogP contribution >= 0.6 is 0 Å². The van der Waals surface area contributed by atoms with Crippen LogP contribution in [0.5, 0.6) is 0 Å². The first kappa shape index (κ1) is 90.3. The molecule has 0 aromatic heterocycles. The molecule has 0 fully saturated rings. The molecule has 2 atom stereocenters. The predicted molar refractivity (Wildman–Crippen MR) is 407 cm³/mol. The lowest BCUT2D eigenvalue weighted by molar-refractivity contribution is -0.143. The molecule has 0 saturated heterocycles. The van der Waals surface area contributed by atoms with Gasteiger partial charge in [0.05, 0.1) is 25.4 Å². The number of rotatable bonds is 81. The normalized spacial score (nSPS) is 12.5. The Hall–Kier alpha value is -1.66. The molecular weight excluding hydrogens is 1130 g/mol. The van der Waals surface area contributed by atoms with Gasteiger partial charge in [-0.05, 0) is 57.8 Å². The van der Waals surface area contributed by atoms with Crippen molar-refractivity contribution in [1.82, 2.24) is 5.32 Å². The van der Waals surface area contributed by atoms with Crippen LogP contribution in [0.3, 0.4) is 0 Å². The van der Waals surface area contributed by atoms with Gasteiger partial charge in [-0.25, -0.2) is 0 Å². The molecule has 0 aliphatic carbocycles. The molecule has 0 bridgehead atoms. The van der Waals surface area contributed by atoms with Gasteiger partial charge in [0.25, 0.3) is 0 Å². The molecule has 2 unspecified atom stereocenters. The second-order valence-corrected chi connectivity index (χ2v) is 29.5. The summed E-state index contributed by atoms with van der Waals surface area (Å²) in [7, 11) is 0. The van der Waals surface area contributed by atoms with Crippen molar-refractivity contribution in [2.45, 2.75) is 501 Å². The maximum atomic E-state index is 12.6. The quantitative estimate of drug-likeness (QED) is 0.0320. The van der Waals surface area contributed by atoms with Crippen LogP contribution in [-0.2, 0) is 14.3 Å². The van der Waals surface area contributed by atoms with Gasteiger partial charge < -0.3 is 20.3 Å². The number of amides is 1. The predicted octanol–water partition coefficient (Wildman–Crippen LogP) is 28.4. The number of esters is 1. The molecule has 0 saturated carbocycles. The molecule has 0 aliphatic rings. The van der Waals surface area contributed by atoms with Crippen LogP contribution in [0, 0.1) is 0 Å². The van der Waals surface area contributed by atoms with Crippen molar-refractivity contribution in [2.24, 2.45) is 0 Å². The summed E-state index contributed by atoms with van der Waals surface area (Å²) in [6.45, 7) is 4.97. The van der Waals surface area contributed by atoms with E-state index in [0.29, 0.717) is 19.4 Å². The fourth-order valence-corrected chi connectivity index (χ4v) is 13.8. The first-order valence-electron chi connectivity index (χ1n) is 42.6. The molecule has 6 nitrogen and oxygen atoms in total. The number of aliphatic hydroxyl groups is 2. The van der Waals surface area contributed by atoms with E-state index in [9.17, 15) is 19.8 Å². The Balaban J connectivity index is 3.34. The van der Waals surface area contributed by atoms with Crippen molar-refractivity contribution in [3.8, 4) is 0 Å². The number of aliphatic hydroxyl groups excluding tert-OH is 2. The van der Waals surface area contributed by atoms with Crippen LogP contribution in [0.4, 0.5) is 0 Å². The monoisotopic (exact) mass is 1290 g/mol. The van der Waals surface area contributed by atoms with Crippen LogP contribution in [-0.4, -0.2) is 47.4 Å². The highest BCUT2D eigenvalue weighted by Crippen LogP contribution is 2.21. The van der Waals surface area contributed by atoms with Gasteiger partial charge in [0.15, 0.2) is 0 Å². The molecular formula is C86H167NO5. The van der Waals surface area contributed by atoms with Crippen molar-refractivity contribution in [3.05, 3.63) is 24.3 Å². The summed E-state index contributed by atoms with van der Waals surface area (Å²) in [6.07, 6.45) is 106. The van der Waals surface area contributed by atoms with E-state index in [1.54, 1.807) is 6.08 Å². The Bertz CT molecular complexity index is 1450. The summed E-state index contributed by atoms with van der Waals surface area (Å²) in [4.78, 5) is 24.7. The van der Waals surface area contributed by atoms with Gasteiger partial charge in [0, 0.05) is 12.8 Å². The number of nitrogens with one attached hydrogen (secondary N) is 1. The summed E-state index contributed by atoms with van der Waals surface area (Å²) < 4.78 is 5.52. The van der Waals surface area contributed by atoms with Crippen LogP contribution in [0.25, 0.3) is 0 Å². The van der Waals surface area contributed by atoms with E-state index in [1.807, 2.05) is 6.08 Å². The Labute approximate surface area is 577 Å². The largest absolute Gasteiger partial charge is 0.466 e. The zero-order valence-electron chi connectivity index (χ0n) is 62.8. The third kappa shape index (κ3) is 77.3. The fraction of sp³-hybridized carbons (Fsp3) is 0.930. The second kappa shape index (κ2) is 81.8. The van der Waals surface area contributed by atoms with Gasteiger partial charge in [-0.1, -0.05) is 443 Å². The smallest absolute Gasteiger partial charge is 0.305 e. The first-order chi connectivity index (χ1) is 45.5. The number of hydrogen-bond donors (Lipinski definition) is 3. The highest BCUT2D eigenvalue weighted by molar-refractivity contribution is 5.76. The lowest BCUT2D eigenvalue weighted by Gasteiger charge is -2.20. The Morgan fingerprint density at radius 1 is 0.293 bits per heavy atom. The molecule has 0 aromatic rings. The Morgan fingerprint density at radius 3 is 0.772 bits per heavy atom. The fourth-order valence-electron chi connectivity index (χ4n) is 13.8. The molecule has 546 valence electrons. The summed E-state index contributed by atoms with van der Waals surface area (Å²) in [5.74, 6) is -0.0324. The zero-order chi connectivity index (χ0) is 66.3. The van der Waals surface area contributed by atoms with Crippen molar-refractivity contribution in [3.63, 3.8) is 0 Å². The van der Waals surface area contributed by atoms with Crippen LogP contribution in [0.15, 0.2) is 24.3 Å². The number of allylic oxidation sites excluding steroid dienone is 3. The summed E-state index contributed by atoms with van der Waals surface area (Å²) in [6, 6.07) is -0.626. The zero-order valence-corrected chi connectivity index (χ0v) is 62.8. The average Bonchev–Trinajstić information content (AvgIpc) is 3.76. The van der Waals surface area contributed by atoms with Gasteiger partial charge in [0.1, 0.15) is 0 Å². The SMILES string of the molecule is CCCCCCCCCCCCCCCCCCCCC/C=C/C(O)C(CO)NC(=O)CCCCCCCCCCCCCCCCCCC/C=C\CCCCCCCCCCCCCCCCCCOC(=O)CCCCCCCCCCCCCCCCCCC. The van der Waals surface area contributed by atoms with Crippen molar-refractivity contribution < 1.29 is 24.5 Å². The van der Waals surface area contributed by atoms with Crippen molar-refractivity contribution in [2.75, 3.05) is 13.2 Å². The number of ether oxygens (including phenoxy) is 1. The second-order valence-electron chi connectivity index (χ2n) is 29.5. The topological polar surface area (TPSA) is 95.9 Å². The Morgan fingerprint density at radius 2 is 0.511 bits per heavy atom. The maximum Gasteiger partial charge on any atom is 0.305 e. The number of hydrogen-bond acceptors (Lipinski definition) is 5. The first-order valence-corrected chi connectivity index (χ1v) is 42.6. The van der Waals surface area contributed by atoms with Crippen molar-refractivity contribution >= 4 is 11.9 Å². The molecule has 3 N–H and O–H groups in total. The molecule has 0 radical (unpaired) electrons. The highest BCUT2D eigenvalue weighted by Gasteiger charge is 2.18. The van der Waals surface area contributed by atoms with E-state index in [-0.39, 0.29) is 18.5 Å². The average molecular weight is 1300 g/mol. The number of carbonyl (C=O) groups is 2. The maximum absolute atomic E-state index is 12.6. The molecule has 1 amide bonds. The van der Waals surface area contributed by atoms with Crippen LogP contribution in [0.1, 0.15) is 489 Å². The minimum Gasteiger partial charge on any atom is -0.466 e. The van der Waals surface area contributed by atoms with E-state index in [2.05, 4.69) is 31.3 Å². The van der Waals surface area contributed by atoms with E-state index in [1.165, 1.54) is 424 Å². The molecule has 6 heteroatoms. The van der Waals surface area contributed by atoms with E-state index < -0.39 is 12.1 Å². The van der Waals surface area contributed by atoms with Crippen LogP contribution in [0.2, 0.25) is 0 Å². The van der Waals surface area contributed by atoms with Gasteiger partial charge in [0.2, 0.25) is 5.91 Å². The Kier molecular flexibility index (Phi) is 80.3. The van der Waals surface area contributed by atoms with Gasteiger partial charge in [-0.3, -0.25) is 9.59 Å². The minimum absolute atomic E-state index is 0.0264. The lowest BCUT2D eigenvalue weighted by Crippen LogP contribution is -2.45. The van der Waals surface area contributed by atoms with E-state index >= 15 is 0 Å². The standard InChI is InChI=1S/C86H167NO5/c1-3-5-7-9-11-13-15-17-19-21-22-40-43-47-50-54-58-62-66-70-74-78-84(89)83(82-88)87-85(90)79-75-71-67-63-59-55-51-48-44-41-38-36-34-32-30-28-26-24-23-25-27-29-31-33-35-37-39-42-45-49-53-57-61-65-69-73-77-81-92-86(91)80-76-72-68-64-60-56-52-46-20-18-16-14-12-10-8-6-4-2/h23,25,74,78,83-84,88-89H,3-22,24,26-73,75-77,79-82H2,1-2H3,(H,87,90)/b25-23-,78-74+. The number of carbonyl (C=O) groups excluding carboxylic acids is 2. The summed E-state index contributed by atoms with van der Waals surface area (Å²) in [5, 5.41) is 23.3. The van der Waals surface area contributed by atoms with Crippen LogP contribution < -0.4 is 5.32 Å². The molecule has 0 aliphatic heterocycles. The molecule has 0 heterocycles. The lowest BCUT2D eigenvalue weighted by atomic mass is 10.0. The minimum atomic E-state index is -0.843. The third-order valence-electron chi connectivity index (χ3n) is 20.2. The van der Waals surface area contributed by atoms with Gasteiger partial charge in [-0.15, -0.1) is 0 Å². The highest BCUT2D eigenvalue weighted by atomic mass is 16.5. The van der Waals surface area contributed by atoms with Gasteiger partial charge >= 0.3 is 5.97 Å². The van der Waals surface area contributed by atoms with Crippen molar-refractivity contribution in [1.29, 1.82) is 0 Å².